The van der Waals surface area contributed by atoms with E-state index in [1.165, 1.54) is 10.9 Å². The second kappa shape index (κ2) is 13.2. The lowest BCUT2D eigenvalue weighted by molar-refractivity contribution is -0.117. The number of carbonyl (C=O) groups excluding carboxylic acids is 1. The topological polar surface area (TPSA) is 136 Å². The fourth-order valence-corrected chi connectivity index (χ4v) is 4.76. The number of benzene rings is 2. The number of hydrogen-bond donors (Lipinski definition) is 3. The third-order valence-electron chi connectivity index (χ3n) is 7.14. The highest BCUT2D eigenvalue weighted by molar-refractivity contribution is 5.94. The molecule has 0 unspecified atom stereocenters. The van der Waals surface area contributed by atoms with Crippen molar-refractivity contribution in [3.05, 3.63) is 78.1 Å². The second-order valence-electron chi connectivity index (χ2n) is 10.5. The predicted octanol–water partition coefficient (Wildman–Crippen LogP) is 5.47. The average molecular weight is 616 g/mol. The number of aromatic nitrogens is 5. The number of anilines is 3. The van der Waals surface area contributed by atoms with E-state index in [9.17, 15) is 18.7 Å². The van der Waals surface area contributed by atoms with Crippen LogP contribution in [0.5, 0.6) is 11.5 Å². The van der Waals surface area contributed by atoms with Gasteiger partial charge in [-0.2, -0.15) is 5.10 Å². The number of ether oxygens (including phenoxy) is 2. The van der Waals surface area contributed by atoms with Gasteiger partial charge in [-0.3, -0.25) is 9.48 Å². The van der Waals surface area contributed by atoms with E-state index in [0.29, 0.717) is 46.1 Å². The molecule has 6 rings (SSSR count). The van der Waals surface area contributed by atoms with E-state index in [4.69, 9.17) is 14.5 Å². The number of rotatable bonds is 13. The van der Waals surface area contributed by atoms with Crippen molar-refractivity contribution in [1.82, 2.24) is 24.7 Å². The van der Waals surface area contributed by atoms with Crippen LogP contribution in [0.2, 0.25) is 0 Å². The largest absolute Gasteiger partial charge is 0.494 e. The summed E-state index contributed by atoms with van der Waals surface area (Å²) in [5, 5.41) is 20.6. The molecule has 5 aromatic rings. The van der Waals surface area contributed by atoms with E-state index in [1.807, 2.05) is 18.2 Å². The monoisotopic (exact) mass is 615 g/mol. The summed E-state index contributed by atoms with van der Waals surface area (Å²) in [5.74, 6) is -0.128. The maximum absolute atomic E-state index is 15.0. The van der Waals surface area contributed by atoms with Gasteiger partial charge in [0, 0.05) is 60.0 Å². The zero-order valence-corrected chi connectivity index (χ0v) is 24.5. The molecule has 0 atom stereocenters. The van der Waals surface area contributed by atoms with Gasteiger partial charge in [-0.25, -0.2) is 23.7 Å². The zero-order valence-electron chi connectivity index (χ0n) is 24.5. The van der Waals surface area contributed by atoms with Crippen LogP contribution in [0.3, 0.4) is 0 Å². The third kappa shape index (κ3) is 6.83. The van der Waals surface area contributed by atoms with Crippen LogP contribution in [0.25, 0.3) is 22.4 Å². The third-order valence-corrected chi connectivity index (χ3v) is 7.14. The Morgan fingerprint density at radius 2 is 1.89 bits per heavy atom. The Bertz CT molecular complexity index is 1820. The first-order valence-corrected chi connectivity index (χ1v) is 14.6. The van der Waals surface area contributed by atoms with Gasteiger partial charge in [-0.1, -0.05) is 18.2 Å². The molecule has 1 amide bonds. The van der Waals surface area contributed by atoms with Crippen molar-refractivity contribution in [2.45, 2.75) is 32.7 Å². The predicted molar refractivity (Wildman–Crippen MR) is 163 cm³/mol. The molecule has 3 N–H and O–H groups in total. The Morgan fingerprint density at radius 1 is 1.09 bits per heavy atom. The molecule has 11 nitrogen and oxygen atoms in total. The maximum atomic E-state index is 15.0. The minimum atomic E-state index is -0.739. The normalized spacial score (nSPS) is 12.7. The second-order valence-corrected chi connectivity index (χ2v) is 10.5. The van der Waals surface area contributed by atoms with Crippen LogP contribution in [0, 0.1) is 17.6 Å². The highest BCUT2D eigenvalue weighted by atomic mass is 19.1. The van der Waals surface area contributed by atoms with E-state index < -0.39 is 11.6 Å². The lowest BCUT2D eigenvalue weighted by atomic mass is 10.1. The fraction of sp³-hybridized carbons (Fsp3) is 0.281. The summed E-state index contributed by atoms with van der Waals surface area (Å²) >= 11 is 0. The Balaban J connectivity index is 1.34. The molecule has 1 saturated carbocycles. The van der Waals surface area contributed by atoms with Crippen LogP contribution in [-0.4, -0.2) is 55.6 Å². The Morgan fingerprint density at radius 3 is 2.64 bits per heavy atom. The van der Waals surface area contributed by atoms with Crippen molar-refractivity contribution >= 4 is 34.1 Å². The van der Waals surface area contributed by atoms with Crippen LogP contribution in [-0.2, 0) is 11.3 Å². The number of aliphatic hydroxyl groups is 1. The van der Waals surface area contributed by atoms with Gasteiger partial charge in [0.25, 0.3) is 0 Å². The molecule has 0 saturated heterocycles. The van der Waals surface area contributed by atoms with Crippen molar-refractivity contribution in [1.29, 1.82) is 0 Å². The number of hydrogen-bond acceptors (Lipinski definition) is 9. The van der Waals surface area contributed by atoms with Gasteiger partial charge >= 0.3 is 0 Å². The van der Waals surface area contributed by atoms with Gasteiger partial charge in [0.2, 0.25) is 5.91 Å². The number of carbonyl (C=O) groups is 1. The van der Waals surface area contributed by atoms with Crippen LogP contribution in [0.4, 0.5) is 26.1 Å². The number of nitrogens with one attached hydrogen (secondary N) is 2. The van der Waals surface area contributed by atoms with Crippen LogP contribution in [0.1, 0.15) is 31.7 Å². The number of aliphatic hydroxyl groups excluding tert-OH is 1. The van der Waals surface area contributed by atoms with Crippen molar-refractivity contribution in [2.24, 2.45) is 5.92 Å². The van der Waals surface area contributed by atoms with Crippen molar-refractivity contribution in [3.63, 3.8) is 0 Å². The molecule has 1 aliphatic carbocycles. The first-order chi connectivity index (χ1) is 21.9. The van der Waals surface area contributed by atoms with Crippen LogP contribution in [0.15, 0.2) is 60.9 Å². The van der Waals surface area contributed by atoms with Gasteiger partial charge in [0.15, 0.2) is 17.4 Å². The molecule has 3 heterocycles. The summed E-state index contributed by atoms with van der Waals surface area (Å²) in [5.41, 5.74) is 1.46. The minimum absolute atomic E-state index is 0.0245. The Hall–Kier alpha value is -5.17. The summed E-state index contributed by atoms with van der Waals surface area (Å²) in [7, 11) is 0. The summed E-state index contributed by atoms with van der Waals surface area (Å²) < 4.78 is 42.6. The highest BCUT2D eigenvalue weighted by Crippen LogP contribution is 2.33. The number of para-hydroxylation sites is 1. The van der Waals surface area contributed by atoms with Gasteiger partial charge < -0.3 is 25.2 Å². The molecule has 232 valence electrons. The molecule has 13 heteroatoms. The number of pyridine rings is 1. The van der Waals surface area contributed by atoms with E-state index in [0.717, 1.165) is 25.0 Å². The number of amides is 1. The lowest BCUT2D eigenvalue weighted by Crippen LogP contribution is -2.14. The lowest BCUT2D eigenvalue weighted by Gasteiger charge is -2.13. The molecule has 1 fully saturated rings. The molecule has 0 aliphatic heterocycles. The summed E-state index contributed by atoms with van der Waals surface area (Å²) in [4.78, 5) is 25.7. The van der Waals surface area contributed by atoms with Crippen molar-refractivity contribution in [3.8, 4) is 23.0 Å². The number of nitrogens with zero attached hydrogens (tertiary/aromatic N) is 5. The first-order valence-electron chi connectivity index (χ1n) is 14.6. The molecule has 3 aromatic heterocycles. The van der Waals surface area contributed by atoms with Crippen molar-refractivity contribution in [2.75, 3.05) is 30.5 Å². The first kappa shape index (κ1) is 29.9. The highest BCUT2D eigenvalue weighted by Gasteiger charge is 2.30. The molecule has 0 radical (unpaired) electrons. The molecule has 2 aromatic carbocycles. The Labute approximate surface area is 257 Å². The molecule has 1 aliphatic rings. The quantitative estimate of drug-likeness (QED) is 0.147. The molecule has 0 spiro atoms. The minimum Gasteiger partial charge on any atom is -0.494 e. The number of fused-ring (bicyclic) bond motifs is 1. The summed E-state index contributed by atoms with van der Waals surface area (Å²) in [6.07, 6.45) is 5.21. The van der Waals surface area contributed by atoms with Gasteiger partial charge in [-0.05, 0) is 31.9 Å². The van der Waals surface area contributed by atoms with Gasteiger partial charge in [0.1, 0.15) is 28.9 Å². The standard InChI is InChI=1S/C32H31F2N7O4/c1-2-44-21-15-24(33)23(25(34)16-21)18-41-26-7-4-3-6-22(26)29(40-41)31-36-17-27(45-13-5-12-42)30(39-31)37-20-10-11-35-28(14-20)38-32(43)19-8-9-19/h3-4,6-7,10-11,14-17,19,42H,2,5,8-9,12-13,18H2,1H3,(H2,35,36,37,38,39,43). The summed E-state index contributed by atoms with van der Waals surface area (Å²) in [6.45, 7) is 2.03. The van der Waals surface area contributed by atoms with E-state index >= 15 is 0 Å². The SMILES string of the molecule is CCOc1cc(F)c(Cn2nc(-c3ncc(OCCCO)c(Nc4ccnc(NC(=O)C5CC5)c4)n3)c3ccccc32)c(F)c1. The summed E-state index contributed by atoms with van der Waals surface area (Å²) in [6, 6.07) is 13.0. The van der Waals surface area contributed by atoms with Gasteiger partial charge in [0.05, 0.1) is 31.5 Å². The average Bonchev–Trinajstić information content (AvgIpc) is 3.82. The van der Waals surface area contributed by atoms with Crippen molar-refractivity contribution < 1.29 is 28.2 Å². The number of halogens is 2. The zero-order chi connectivity index (χ0) is 31.3. The van der Waals surface area contributed by atoms with E-state index in [2.05, 4.69) is 25.7 Å². The Kier molecular flexibility index (Phi) is 8.78. The fourth-order valence-electron chi connectivity index (χ4n) is 4.76. The van der Waals surface area contributed by atoms with E-state index in [-0.39, 0.29) is 55.3 Å². The molecular weight excluding hydrogens is 584 g/mol. The van der Waals surface area contributed by atoms with Crippen LogP contribution < -0.4 is 20.1 Å². The molecule has 0 bridgehead atoms. The molecule has 45 heavy (non-hydrogen) atoms. The maximum Gasteiger partial charge on any atom is 0.228 e. The van der Waals surface area contributed by atoms with E-state index in [1.54, 1.807) is 31.3 Å². The smallest absolute Gasteiger partial charge is 0.228 e. The van der Waals surface area contributed by atoms with Crippen LogP contribution >= 0.6 is 0 Å². The molecular formula is C32H31F2N7O4. The van der Waals surface area contributed by atoms with Gasteiger partial charge in [-0.15, -0.1) is 0 Å².